The summed E-state index contributed by atoms with van der Waals surface area (Å²) < 4.78 is 35.5. The van der Waals surface area contributed by atoms with Crippen molar-refractivity contribution >= 4 is 112 Å². The predicted molar refractivity (Wildman–Crippen MR) is 511 cm³/mol. The van der Waals surface area contributed by atoms with Crippen LogP contribution >= 0.6 is 0 Å². The molecular weight excluding hydrogens is 1960 g/mol. The molecule has 0 bridgehead atoms. The number of aromatic amines is 1. The van der Waals surface area contributed by atoms with Gasteiger partial charge in [0.15, 0.2) is 24.7 Å². The van der Waals surface area contributed by atoms with Crippen LogP contribution in [0.2, 0.25) is 0 Å². The predicted octanol–water partition coefficient (Wildman–Crippen LogP) is -9.44. The molecule has 0 radical (unpaired) electrons. The fourth-order valence-corrected chi connectivity index (χ4v) is 16.6. The Morgan fingerprint density at radius 1 is 0.568 bits per heavy atom. The van der Waals surface area contributed by atoms with Crippen molar-refractivity contribution in [2.45, 2.75) is 344 Å². The molecule has 5 heterocycles. The van der Waals surface area contributed by atoms with Crippen molar-refractivity contribution < 1.29 is 181 Å². The Morgan fingerprint density at radius 2 is 1.16 bits per heavy atom. The van der Waals surface area contributed by atoms with Crippen molar-refractivity contribution in [1.29, 1.82) is 0 Å². The molecule has 830 valence electrons. The van der Waals surface area contributed by atoms with Gasteiger partial charge in [-0.2, -0.15) is 0 Å². The number of H-pyrrole nitrogens is 1. The summed E-state index contributed by atoms with van der Waals surface area (Å²) in [6.45, 7) is 10.3. The number of benzene rings is 1. The van der Waals surface area contributed by atoms with Gasteiger partial charge < -0.3 is 179 Å². The molecule has 55 nitrogen and oxygen atoms in total. The monoisotopic (exact) mass is 2110 g/mol. The number of carboxylic acid groups (broad SMARTS) is 2. The van der Waals surface area contributed by atoms with Crippen LogP contribution in [0.3, 0.4) is 0 Å². The van der Waals surface area contributed by atoms with Crippen molar-refractivity contribution in [2.75, 3.05) is 52.7 Å². The van der Waals surface area contributed by atoms with Crippen molar-refractivity contribution in [2.24, 2.45) is 28.6 Å². The van der Waals surface area contributed by atoms with E-state index in [0.717, 1.165) is 65.7 Å². The first-order chi connectivity index (χ1) is 69.9. The van der Waals surface area contributed by atoms with Crippen LogP contribution in [-0.4, -0.2) is 405 Å². The minimum absolute atomic E-state index is 0.0831. The maximum absolute atomic E-state index is 14.4. The lowest BCUT2D eigenvalue weighted by molar-refractivity contribution is -0.352. The summed E-state index contributed by atoms with van der Waals surface area (Å²) in [6, 6.07) is -12.0. The second-order valence-electron chi connectivity index (χ2n) is 37.3. The van der Waals surface area contributed by atoms with Crippen LogP contribution in [0.4, 0.5) is 0 Å². The number of Topliss-reactive ketones (excluding diaryl/α,β-unsaturated/α-hetero) is 1. The number of carbonyl (C=O) groups excluding carboxylic acids is 16. The molecule has 1 aromatic heterocycles. The van der Waals surface area contributed by atoms with Gasteiger partial charge in [0.25, 0.3) is 0 Å². The number of primary amides is 1. The standard InChI is InChI=1S/C93H146N18O37/c1-12-53(32-44(4)80(94)131)81(132)96-29-18-13-14-19-31-143-110-45(5)22-20-26-64(119)102-56(33-52-23-16-15-17-24-52)84(135)103-55(27-28-66(121)122)83(134)104-57(34-54-36-95-42-98-54)82(133)97-37-65(120)107-68(43(2)3)88(139)109-70(48(8)116)89(140)106-59(38-112)86(137)99-46(6)90(141)111-30-21-25-60(111)87(138)105-58(35-67(123)124)85(136)108-69(47(7)115)49(9)144-92-72(101-51(11)118)79(148-93-78(130)77(129)74(126)62(40-114)146-93)75(127)63(147-92)41-142-91-71(100-50(10)117)76(128)73(125)61(39-113)145-91/h15-17,23-24,36,42-44,46,48-49,53,55-63,68-79,91-93,112-114,116,125-130H,12-14,18-22,25-35,37-41H2,1-11H3,(H2,94,131)(H,95,98)(H,96,132)(H,97,133)(H,99,137)(H,100,117)(H,101,118)(H,102,119)(H,103,135)(H,104,134)(H,105,138)(H,106,140)(H,107,120)(H,108,136)(H,109,139)(H,121,122)(H,123,124)/b110-45+/t44?,46?,48?,49?,53?,55?,56?,57?,58?,59?,60?,61-,62-,63-,68?,69?,70?,71?,72?,73-,74-,75-,76?,77?,78?,79?,91+,92+,93-/m1/s1. The summed E-state index contributed by atoms with van der Waals surface area (Å²) in [5.41, 5.74) is 6.82. The summed E-state index contributed by atoms with van der Waals surface area (Å²) in [4.78, 5) is 256. The molecule has 0 saturated carbocycles. The van der Waals surface area contributed by atoms with Gasteiger partial charge in [-0.25, -0.2) is 4.98 Å². The quantitative estimate of drug-likeness (QED) is 0.0166. The fraction of sp³-hybridized carbons (Fsp3) is 0.699. The third-order valence-electron chi connectivity index (χ3n) is 25.0. The van der Waals surface area contributed by atoms with Crippen LogP contribution in [0.1, 0.15) is 177 Å². The fourth-order valence-electron chi connectivity index (χ4n) is 16.6. The number of imidazole rings is 1. The van der Waals surface area contributed by atoms with Crippen LogP contribution in [0.25, 0.3) is 0 Å². The van der Waals surface area contributed by atoms with E-state index < -0.39 is 329 Å². The van der Waals surface area contributed by atoms with Gasteiger partial charge >= 0.3 is 11.9 Å². The Labute approximate surface area is 852 Å². The number of unbranched alkanes of at least 4 members (excludes halogenated alkanes) is 3. The zero-order valence-corrected chi connectivity index (χ0v) is 84.3. The molecule has 6 rings (SSSR count). The average molecular weight is 2110 g/mol. The summed E-state index contributed by atoms with van der Waals surface area (Å²) in [5.74, 6) is -19.5. The van der Waals surface area contributed by atoms with Gasteiger partial charge in [-0.1, -0.05) is 69.6 Å². The van der Waals surface area contributed by atoms with Crippen LogP contribution < -0.4 is 74.9 Å². The minimum atomic E-state index is -2.15. The molecule has 1 aromatic carbocycles. The lowest BCUT2D eigenvalue weighted by Crippen LogP contribution is -2.69. The number of ether oxygens (including phenoxy) is 6. The SMILES string of the molecule is CCC(CC(C)C(N)=O)C(=O)NCCCCCCO/N=C(\C)CCCC(=O)NC(Cc1ccccc1)C(=O)NC(CCC(=O)O)C(=O)NC(Cc1cnc[nH]1)C(=O)NCC(=O)NC(C(=O)NC(C(=O)NC(CO)C(=O)NC(C)C(=O)N1CCCC1C(=O)NC(CC(=O)O)C(=O)NC(C(C)=O)C(C)O[C@H]1O[C@H](CO[C@H]2O[C@H](CO)[C@@H](O)C(O)C2NC(C)=O)[C@@H](O)C(O[C@H]2O[C@H](CO)[C@@H](O)C(O)C2O)C1NC(C)=O)C(C)O)C(C)C. The molecule has 0 spiro atoms. The average Bonchev–Trinajstić information content (AvgIpc) is 0.943. The number of nitrogens with zero attached hydrogens (tertiary/aromatic N) is 3. The molecule has 148 heavy (non-hydrogen) atoms. The van der Waals surface area contributed by atoms with Crippen molar-refractivity contribution in [1.82, 2.24) is 84.0 Å². The number of ketones is 1. The van der Waals surface area contributed by atoms with Crippen LogP contribution in [-0.2, 0) is 132 Å². The molecular formula is C93H146N18O37. The molecule has 4 aliphatic rings. The highest BCUT2D eigenvalue weighted by atomic mass is 16.7. The van der Waals surface area contributed by atoms with Crippen molar-refractivity contribution in [3.05, 3.63) is 54.1 Å². The van der Waals surface area contributed by atoms with Crippen LogP contribution in [0.5, 0.6) is 0 Å². The highest BCUT2D eigenvalue weighted by Crippen LogP contribution is 2.33. The number of oxime groups is 1. The van der Waals surface area contributed by atoms with E-state index in [2.05, 4.69) is 84.2 Å². The zero-order chi connectivity index (χ0) is 110. The number of hydrogen-bond donors (Lipinski definition) is 27. The highest BCUT2D eigenvalue weighted by molar-refractivity contribution is 6.00. The molecule has 28 N–H and O–H groups in total. The van der Waals surface area contributed by atoms with E-state index in [4.69, 9.17) is 39.0 Å². The number of amides is 15. The zero-order valence-electron chi connectivity index (χ0n) is 84.3. The molecule has 55 heteroatoms. The van der Waals surface area contributed by atoms with Crippen molar-refractivity contribution in [3.8, 4) is 0 Å². The van der Waals surface area contributed by atoms with E-state index >= 15 is 0 Å². The lowest BCUT2D eigenvalue weighted by Gasteiger charge is -2.48. The number of carbonyl (C=O) groups is 18. The van der Waals surface area contributed by atoms with Crippen molar-refractivity contribution in [3.63, 3.8) is 0 Å². The molecule has 4 saturated heterocycles. The largest absolute Gasteiger partial charge is 0.481 e. The maximum atomic E-state index is 14.4. The van der Waals surface area contributed by atoms with Gasteiger partial charge in [-0.3, -0.25) is 86.3 Å². The number of likely N-dealkylation sites (tertiary alicyclic amines) is 1. The first-order valence-electron chi connectivity index (χ1n) is 48.9. The van der Waals surface area contributed by atoms with Gasteiger partial charge in [-0.05, 0) is 110 Å². The van der Waals surface area contributed by atoms with E-state index in [1.807, 2.05) is 6.92 Å². The van der Waals surface area contributed by atoms with Crippen LogP contribution in [0.15, 0.2) is 48.0 Å². The topological polar surface area (TPSA) is 841 Å². The third kappa shape index (κ3) is 39.1. The number of nitrogens with two attached hydrogens (primary N) is 1. The highest BCUT2D eigenvalue weighted by Gasteiger charge is 2.55. The Bertz CT molecular complexity index is 4760. The van der Waals surface area contributed by atoms with E-state index in [1.54, 1.807) is 44.2 Å². The number of aliphatic hydroxyl groups excluding tert-OH is 10. The van der Waals surface area contributed by atoms with E-state index in [-0.39, 0.29) is 62.6 Å². The van der Waals surface area contributed by atoms with Gasteiger partial charge in [0.05, 0.1) is 63.6 Å². The van der Waals surface area contributed by atoms with Gasteiger partial charge in [0, 0.05) is 76.3 Å². The number of aliphatic carboxylic acids is 2. The number of aromatic nitrogens is 2. The second kappa shape index (κ2) is 61.8. The molecule has 0 aliphatic carbocycles. The van der Waals surface area contributed by atoms with E-state index in [0.29, 0.717) is 50.1 Å². The molecule has 2 aromatic rings. The summed E-state index contributed by atoms with van der Waals surface area (Å²) in [6.07, 6.45) is -23.8. The smallest absolute Gasteiger partial charge is 0.305 e. The maximum Gasteiger partial charge on any atom is 0.305 e. The minimum Gasteiger partial charge on any atom is -0.481 e. The molecule has 15 amide bonds. The Balaban J connectivity index is 1.05. The normalized spacial score (nSPS) is 24.5. The third-order valence-corrected chi connectivity index (χ3v) is 25.0. The summed E-state index contributed by atoms with van der Waals surface area (Å²) in [5, 5.41) is 163. The van der Waals surface area contributed by atoms with Gasteiger partial charge in [0.2, 0.25) is 88.6 Å². The lowest BCUT2D eigenvalue weighted by atomic mass is 9.92. The second-order valence-corrected chi connectivity index (χ2v) is 37.3. The van der Waals surface area contributed by atoms with E-state index in [9.17, 15) is 148 Å². The molecule has 20 unspecified atom stereocenters. The number of nitrogens with one attached hydrogen (secondary N) is 14. The Morgan fingerprint density at radius 3 is 1.76 bits per heavy atom. The number of carboxylic acids is 2. The number of rotatable bonds is 62. The summed E-state index contributed by atoms with van der Waals surface area (Å²) in [7, 11) is 0. The first-order valence-corrected chi connectivity index (χ1v) is 48.9. The summed E-state index contributed by atoms with van der Waals surface area (Å²) >= 11 is 0. The first kappa shape index (κ1) is 125. The molecule has 29 atom stereocenters. The number of aliphatic hydroxyl groups is 10. The van der Waals surface area contributed by atoms with Gasteiger partial charge in [0.1, 0.15) is 140 Å². The molecule has 4 aliphatic heterocycles. The Kier molecular flexibility index (Phi) is 52.0. The van der Waals surface area contributed by atoms with E-state index in [1.165, 1.54) is 26.4 Å². The molecule has 4 fully saturated rings. The Hall–Kier alpha value is -12.1. The van der Waals surface area contributed by atoms with Crippen LogP contribution in [0, 0.1) is 17.8 Å². The number of hydrogen-bond acceptors (Lipinski definition) is 37. The van der Waals surface area contributed by atoms with Gasteiger partial charge in [-0.15, -0.1) is 0 Å².